The molecule has 1 aliphatic heterocycles. The maximum absolute atomic E-state index is 12.7. The highest BCUT2D eigenvalue weighted by atomic mass is 32.2. The van der Waals surface area contributed by atoms with Crippen LogP contribution in [0.1, 0.15) is 24.6 Å². The first-order valence-electron chi connectivity index (χ1n) is 8.24. The van der Waals surface area contributed by atoms with Crippen molar-refractivity contribution in [1.29, 1.82) is 0 Å². The first-order chi connectivity index (χ1) is 12.5. The zero-order valence-corrected chi connectivity index (χ0v) is 15.3. The van der Waals surface area contributed by atoms with E-state index in [1.165, 1.54) is 21.4 Å². The standard InChI is InChI=1S/C15H19N7O3S/c1-20-10-12(9-16-20)26(23,24)21-7-5-11(6-8-21)15-18-17-13-3-4-14(25-2)19-22(13)15/h3-4,9-11H,5-8H2,1-2H3. The van der Waals surface area contributed by atoms with E-state index in [1.807, 2.05) is 0 Å². The van der Waals surface area contributed by atoms with Crippen molar-refractivity contribution in [2.75, 3.05) is 20.2 Å². The number of rotatable bonds is 4. The lowest BCUT2D eigenvalue weighted by atomic mass is 9.97. The van der Waals surface area contributed by atoms with Crippen LogP contribution >= 0.6 is 0 Å². The summed E-state index contributed by atoms with van der Waals surface area (Å²) >= 11 is 0. The molecule has 0 aromatic carbocycles. The van der Waals surface area contributed by atoms with Crippen LogP contribution in [0.15, 0.2) is 29.4 Å². The third-order valence-corrected chi connectivity index (χ3v) is 6.46. The highest BCUT2D eigenvalue weighted by molar-refractivity contribution is 7.89. The van der Waals surface area contributed by atoms with Crippen molar-refractivity contribution >= 4 is 15.7 Å². The van der Waals surface area contributed by atoms with Gasteiger partial charge in [-0.15, -0.1) is 15.3 Å². The van der Waals surface area contributed by atoms with Crippen LogP contribution < -0.4 is 4.74 Å². The molecular formula is C15H19N7O3S. The van der Waals surface area contributed by atoms with Gasteiger partial charge in [-0.3, -0.25) is 4.68 Å². The van der Waals surface area contributed by atoms with Crippen molar-refractivity contribution in [1.82, 2.24) is 33.9 Å². The second-order valence-corrected chi connectivity index (χ2v) is 8.17. The SMILES string of the molecule is COc1ccc2nnc(C3CCN(S(=O)(=O)c4cnn(C)c4)CC3)n2n1. The Hall–Kier alpha value is -2.53. The van der Waals surface area contributed by atoms with Gasteiger partial charge in [0.1, 0.15) is 4.90 Å². The van der Waals surface area contributed by atoms with Crippen molar-refractivity contribution in [3.63, 3.8) is 0 Å². The summed E-state index contributed by atoms with van der Waals surface area (Å²) < 4.78 is 35.2. The van der Waals surface area contributed by atoms with Crippen molar-refractivity contribution in [3.8, 4) is 5.88 Å². The van der Waals surface area contributed by atoms with E-state index >= 15 is 0 Å². The minimum atomic E-state index is -3.52. The third kappa shape index (κ3) is 2.82. The van der Waals surface area contributed by atoms with Gasteiger partial charge in [0.15, 0.2) is 11.5 Å². The summed E-state index contributed by atoms with van der Waals surface area (Å²) in [5.74, 6) is 1.30. The lowest BCUT2D eigenvalue weighted by molar-refractivity contribution is 0.310. The summed E-state index contributed by atoms with van der Waals surface area (Å²) in [7, 11) is -0.262. The number of hydrogen-bond donors (Lipinski definition) is 0. The Kier molecular flexibility index (Phi) is 4.11. The first-order valence-corrected chi connectivity index (χ1v) is 9.68. The summed E-state index contributed by atoms with van der Waals surface area (Å²) in [6.07, 6.45) is 4.20. The number of ether oxygens (including phenoxy) is 1. The van der Waals surface area contributed by atoms with Crippen LogP contribution in [-0.4, -0.2) is 62.5 Å². The van der Waals surface area contributed by atoms with Gasteiger partial charge in [-0.05, 0) is 18.9 Å². The fourth-order valence-corrected chi connectivity index (χ4v) is 4.64. The third-order valence-electron chi connectivity index (χ3n) is 4.61. The fraction of sp³-hybridized carbons (Fsp3) is 0.467. The van der Waals surface area contributed by atoms with Gasteiger partial charge in [-0.25, -0.2) is 8.42 Å². The van der Waals surface area contributed by atoms with E-state index in [0.29, 0.717) is 37.5 Å². The molecule has 1 saturated heterocycles. The molecule has 4 rings (SSSR count). The molecule has 0 unspecified atom stereocenters. The quantitative estimate of drug-likeness (QED) is 0.649. The Morgan fingerprint density at radius 3 is 2.62 bits per heavy atom. The molecule has 1 fully saturated rings. The minimum absolute atomic E-state index is 0.0879. The topological polar surface area (TPSA) is 108 Å². The van der Waals surface area contributed by atoms with Crippen LogP contribution in [0.3, 0.4) is 0 Å². The molecule has 3 aromatic heterocycles. The average molecular weight is 377 g/mol. The first kappa shape index (κ1) is 16.9. The molecule has 4 heterocycles. The molecule has 0 N–H and O–H groups in total. The van der Waals surface area contributed by atoms with Gasteiger partial charge in [0.25, 0.3) is 0 Å². The second kappa shape index (κ2) is 6.32. The predicted octanol–water partition coefficient (Wildman–Crippen LogP) is 0.435. The number of aryl methyl sites for hydroxylation is 1. The molecule has 0 bridgehead atoms. The maximum Gasteiger partial charge on any atom is 0.246 e. The van der Waals surface area contributed by atoms with Crippen LogP contribution in [0.4, 0.5) is 0 Å². The van der Waals surface area contributed by atoms with Crippen molar-refractivity contribution in [2.45, 2.75) is 23.7 Å². The van der Waals surface area contributed by atoms with Crippen molar-refractivity contribution < 1.29 is 13.2 Å². The molecule has 0 spiro atoms. The normalized spacial score (nSPS) is 17.0. The highest BCUT2D eigenvalue weighted by Crippen LogP contribution is 2.30. The summed E-state index contributed by atoms with van der Waals surface area (Å²) in [5.41, 5.74) is 0.645. The van der Waals surface area contributed by atoms with Crippen LogP contribution in [0.25, 0.3) is 5.65 Å². The summed E-state index contributed by atoms with van der Waals surface area (Å²) in [6.45, 7) is 0.835. The Bertz CT molecular complexity index is 1030. The van der Waals surface area contributed by atoms with Crippen LogP contribution in [0.5, 0.6) is 5.88 Å². The molecule has 0 radical (unpaired) electrons. The molecule has 3 aromatic rings. The van der Waals surface area contributed by atoms with Gasteiger partial charge in [0.05, 0.1) is 13.3 Å². The molecule has 26 heavy (non-hydrogen) atoms. The van der Waals surface area contributed by atoms with Gasteiger partial charge in [0.2, 0.25) is 15.9 Å². The van der Waals surface area contributed by atoms with E-state index in [0.717, 1.165) is 5.82 Å². The maximum atomic E-state index is 12.7. The predicted molar refractivity (Wildman–Crippen MR) is 91.3 cm³/mol. The molecular weight excluding hydrogens is 358 g/mol. The number of sulfonamides is 1. The smallest absolute Gasteiger partial charge is 0.246 e. The molecule has 0 amide bonds. The second-order valence-electron chi connectivity index (χ2n) is 6.23. The zero-order chi connectivity index (χ0) is 18.3. The monoisotopic (exact) mass is 377 g/mol. The van der Waals surface area contributed by atoms with E-state index in [1.54, 1.807) is 30.8 Å². The Balaban J connectivity index is 1.54. The van der Waals surface area contributed by atoms with E-state index in [9.17, 15) is 8.42 Å². The summed E-state index contributed by atoms with van der Waals surface area (Å²) in [6, 6.07) is 3.53. The van der Waals surface area contributed by atoms with Gasteiger partial charge in [-0.1, -0.05) is 0 Å². The number of nitrogens with zero attached hydrogens (tertiary/aromatic N) is 7. The molecule has 1 aliphatic rings. The molecule has 11 heteroatoms. The van der Waals surface area contributed by atoms with E-state index in [-0.39, 0.29) is 10.8 Å². The molecule has 0 aliphatic carbocycles. The number of fused-ring (bicyclic) bond motifs is 1. The molecule has 138 valence electrons. The number of piperidine rings is 1. The largest absolute Gasteiger partial charge is 0.480 e. The van der Waals surface area contributed by atoms with Gasteiger partial charge < -0.3 is 4.74 Å². The van der Waals surface area contributed by atoms with Gasteiger partial charge in [-0.2, -0.15) is 13.9 Å². The van der Waals surface area contributed by atoms with Gasteiger partial charge >= 0.3 is 0 Å². The number of aromatic nitrogens is 6. The minimum Gasteiger partial charge on any atom is -0.480 e. The number of hydrogen-bond acceptors (Lipinski definition) is 7. The Morgan fingerprint density at radius 1 is 1.19 bits per heavy atom. The lowest BCUT2D eigenvalue weighted by Crippen LogP contribution is -2.38. The van der Waals surface area contributed by atoms with Crippen molar-refractivity contribution in [3.05, 3.63) is 30.4 Å². The summed E-state index contributed by atoms with van der Waals surface area (Å²) in [4.78, 5) is 0.220. The van der Waals surface area contributed by atoms with Crippen LogP contribution in [-0.2, 0) is 17.1 Å². The Labute approximate surface area is 150 Å². The molecule has 10 nitrogen and oxygen atoms in total. The zero-order valence-electron chi connectivity index (χ0n) is 14.5. The van der Waals surface area contributed by atoms with Crippen LogP contribution in [0, 0.1) is 0 Å². The molecule has 0 atom stereocenters. The number of methoxy groups -OCH3 is 1. The van der Waals surface area contributed by atoms with Gasteiger partial charge in [0, 0.05) is 38.3 Å². The van der Waals surface area contributed by atoms with Crippen molar-refractivity contribution in [2.24, 2.45) is 7.05 Å². The highest BCUT2D eigenvalue weighted by Gasteiger charge is 2.32. The van der Waals surface area contributed by atoms with E-state index in [4.69, 9.17) is 4.74 Å². The fourth-order valence-electron chi connectivity index (χ4n) is 3.19. The summed E-state index contributed by atoms with van der Waals surface area (Å²) in [5, 5.41) is 16.7. The van der Waals surface area contributed by atoms with Crippen LogP contribution in [0.2, 0.25) is 0 Å². The molecule has 0 saturated carbocycles. The average Bonchev–Trinajstić information content (AvgIpc) is 3.27. The van der Waals surface area contributed by atoms with E-state index < -0.39 is 10.0 Å². The Morgan fingerprint density at radius 2 is 1.96 bits per heavy atom. The lowest BCUT2D eigenvalue weighted by Gasteiger charge is -2.29. The van der Waals surface area contributed by atoms with E-state index in [2.05, 4.69) is 20.4 Å².